The largest absolute Gasteiger partial charge is 0.339 e. The molecule has 0 aromatic carbocycles. The molecule has 0 unspecified atom stereocenters. The summed E-state index contributed by atoms with van der Waals surface area (Å²) in [5.74, 6) is 0.258. The molecule has 1 aliphatic carbocycles. The number of nitrogens with one attached hydrogen (secondary N) is 1. The second-order valence-corrected chi connectivity index (χ2v) is 5.87. The molecule has 1 heterocycles. The van der Waals surface area contributed by atoms with Crippen LogP contribution in [0.1, 0.15) is 33.6 Å². The number of hydrogen-bond acceptors (Lipinski definition) is 2. The fraction of sp³-hybridized carbons (Fsp3) is 0.667. The van der Waals surface area contributed by atoms with Crippen molar-refractivity contribution in [3.05, 3.63) is 23.8 Å². The van der Waals surface area contributed by atoms with Crippen molar-refractivity contribution in [3.8, 4) is 0 Å². The van der Waals surface area contributed by atoms with Crippen LogP contribution < -0.4 is 5.32 Å². The highest BCUT2D eigenvalue weighted by Gasteiger charge is 2.36. The van der Waals surface area contributed by atoms with E-state index in [2.05, 4.69) is 30.5 Å². The third-order valence-electron chi connectivity index (χ3n) is 3.91. The van der Waals surface area contributed by atoms with Gasteiger partial charge in [0.05, 0.1) is 5.41 Å². The summed E-state index contributed by atoms with van der Waals surface area (Å²) in [6.45, 7) is 8.76. The first-order valence-electron chi connectivity index (χ1n) is 6.92. The molecule has 3 heteroatoms. The van der Waals surface area contributed by atoms with Crippen molar-refractivity contribution in [2.75, 3.05) is 19.6 Å². The first-order chi connectivity index (χ1) is 8.51. The molecule has 0 aromatic heterocycles. The summed E-state index contributed by atoms with van der Waals surface area (Å²) in [6, 6.07) is 0.398. The van der Waals surface area contributed by atoms with E-state index < -0.39 is 5.41 Å². The van der Waals surface area contributed by atoms with E-state index >= 15 is 0 Å². The highest BCUT2D eigenvalue weighted by atomic mass is 16.2. The molecule has 1 aliphatic heterocycles. The lowest BCUT2D eigenvalue weighted by atomic mass is 9.80. The van der Waals surface area contributed by atoms with Gasteiger partial charge in [-0.05, 0) is 39.2 Å². The van der Waals surface area contributed by atoms with E-state index in [0.717, 1.165) is 32.5 Å². The topological polar surface area (TPSA) is 32.3 Å². The average Bonchev–Trinajstić information content (AvgIpc) is 2.39. The summed E-state index contributed by atoms with van der Waals surface area (Å²) < 4.78 is 0. The zero-order chi connectivity index (χ0) is 13.2. The molecule has 1 atom stereocenters. The molecule has 1 N–H and O–H groups in total. The van der Waals surface area contributed by atoms with Crippen molar-refractivity contribution < 1.29 is 4.79 Å². The van der Waals surface area contributed by atoms with Crippen molar-refractivity contribution in [3.63, 3.8) is 0 Å². The number of nitrogens with zero attached hydrogens (tertiary/aromatic N) is 1. The number of amides is 1. The molecular formula is C15H24N2O. The molecule has 0 spiro atoms. The molecular weight excluding hydrogens is 224 g/mol. The van der Waals surface area contributed by atoms with Crippen LogP contribution in [0.3, 0.4) is 0 Å². The number of carbonyl (C=O) groups is 1. The van der Waals surface area contributed by atoms with Gasteiger partial charge in [-0.25, -0.2) is 0 Å². The van der Waals surface area contributed by atoms with Crippen LogP contribution in [0.2, 0.25) is 0 Å². The van der Waals surface area contributed by atoms with E-state index in [1.807, 2.05) is 18.7 Å². The van der Waals surface area contributed by atoms with Crippen molar-refractivity contribution in [2.45, 2.75) is 39.7 Å². The summed E-state index contributed by atoms with van der Waals surface area (Å²) >= 11 is 0. The van der Waals surface area contributed by atoms with Crippen LogP contribution in [0.5, 0.6) is 0 Å². The normalized spacial score (nSPS) is 24.9. The molecule has 3 nitrogen and oxygen atoms in total. The molecule has 18 heavy (non-hydrogen) atoms. The molecule has 1 fully saturated rings. The lowest BCUT2D eigenvalue weighted by Gasteiger charge is -2.38. The van der Waals surface area contributed by atoms with Gasteiger partial charge in [0.1, 0.15) is 0 Å². The molecule has 0 aromatic rings. The van der Waals surface area contributed by atoms with Crippen LogP contribution in [-0.4, -0.2) is 36.5 Å². The Bertz CT molecular complexity index is 382. The maximum atomic E-state index is 12.7. The fourth-order valence-corrected chi connectivity index (χ4v) is 2.71. The molecule has 0 saturated carbocycles. The predicted molar refractivity (Wildman–Crippen MR) is 74.3 cm³/mol. The summed E-state index contributed by atoms with van der Waals surface area (Å²) in [7, 11) is 0. The number of carbonyl (C=O) groups excluding carboxylic acids is 1. The van der Waals surface area contributed by atoms with Gasteiger partial charge in [-0.2, -0.15) is 0 Å². The zero-order valence-corrected chi connectivity index (χ0v) is 11.7. The fourth-order valence-electron chi connectivity index (χ4n) is 2.71. The van der Waals surface area contributed by atoms with Crippen LogP contribution in [0.25, 0.3) is 0 Å². The van der Waals surface area contributed by atoms with E-state index in [1.165, 1.54) is 5.57 Å². The molecule has 100 valence electrons. The van der Waals surface area contributed by atoms with Gasteiger partial charge in [0.2, 0.25) is 5.91 Å². The minimum absolute atomic E-state index is 0.258. The Morgan fingerprint density at radius 3 is 2.83 bits per heavy atom. The van der Waals surface area contributed by atoms with Crippen molar-refractivity contribution in [2.24, 2.45) is 5.41 Å². The summed E-state index contributed by atoms with van der Waals surface area (Å²) in [6.07, 6.45) is 8.65. The first-order valence-corrected chi connectivity index (χ1v) is 6.92. The Morgan fingerprint density at radius 1 is 1.44 bits per heavy atom. The van der Waals surface area contributed by atoms with Gasteiger partial charge in [-0.1, -0.05) is 18.2 Å². The van der Waals surface area contributed by atoms with Crippen molar-refractivity contribution in [1.82, 2.24) is 10.2 Å². The minimum atomic E-state index is -0.395. The Hall–Kier alpha value is -1.09. The van der Waals surface area contributed by atoms with Gasteiger partial charge in [-0.15, -0.1) is 0 Å². The second kappa shape index (κ2) is 5.27. The van der Waals surface area contributed by atoms with Crippen molar-refractivity contribution in [1.29, 1.82) is 0 Å². The van der Waals surface area contributed by atoms with Crippen LogP contribution in [0, 0.1) is 5.41 Å². The number of allylic oxidation sites excluding steroid dienone is 3. The molecule has 2 aliphatic rings. The second-order valence-electron chi connectivity index (χ2n) is 5.87. The Labute approximate surface area is 110 Å². The van der Waals surface area contributed by atoms with Gasteiger partial charge < -0.3 is 10.2 Å². The third kappa shape index (κ3) is 2.66. The lowest BCUT2D eigenvalue weighted by Crippen LogP contribution is -2.54. The van der Waals surface area contributed by atoms with E-state index in [9.17, 15) is 4.79 Å². The van der Waals surface area contributed by atoms with E-state index in [4.69, 9.17) is 0 Å². The molecule has 2 rings (SSSR count). The third-order valence-corrected chi connectivity index (χ3v) is 3.91. The minimum Gasteiger partial charge on any atom is -0.339 e. The smallest absolute Gasteiger partial charge is 0.232 e. The van der Waals surface area contributed by atoms with Gasteiger partial charge in [0, 0.05) is 25.7 Å². The van der Waals surface area contributed by atoms with Crippen LogP contribution in [0.4, 0.5) is 0 Å². The Kier molecular flexibility index (Phi) is 3.91. The highest BCUT2D eigenvalue weighted by Crippen LogP contribution is 2.32. The van der Waals surface area contributed by atoms with E-state index in [0.29, 0.717) is 6.04 Å². The lowest BCUT2D eigenvalue weighted by molar-refractivity contribution is -0.139. The Balaban J connectivity index is 2.11. The first kappa shape index (κ1) is 13.3. The van der Waals surface area contributed by atoms with Gasteiger partial charge in [0.15, 0.2) is 0 Å². The van der Waals surface area contributed by atoms with Crippen LogP contribution >= 0.6 is 0 Å². The highest BCUT2D eigenvalue weighted by molar-refractivity contribution is 5.86. The number of piperazine rings is 1. The molecule has 1 saturated heterocycles. The quantitative estimate of drug-likeness (QED) is 0.812. The maximum absolute atomic E-state index is 12.7. The summed E-state index contributed by atoms with van der Waals surface area (Å²) in [5.41, 5.74) is 0.776. The van der Waals surface area contributed by atoms with Gasteiger partial charge in [-0.3, -0.25) is 4.79 Å². The summed E-state index contributed by atoms with van der Waals surface area (Å²) in [5, 5.41) is 3.38. The molecule has 1 amide bonds. The zero-order valence-electron chi connectivity index (χ0n) is 11.7. The maximum Gasteiger partial charge on any atom is 0.232 e. The Morgan fingerprint density at radius 2 is 2.22 bits per heavy atom. The van der Waals surface area contributed by atoms with Gasteiger partial charge in [0.25, 0.3) is 0 Å². The van der Waals surface area contributed by atoms with E-state index in [-0.39, 0.29) is 5.91 Å². The van der Waals surface area contributed by atoms with Crippen LogP contribution in [0.15, 0.2) is 23.8 Å². The summed E-state index contributed by atoms with van der Waals surface area (Å²) in [4.78, 5) is 14.7. The SMILES string of the molecule is C[C@H]1CN(C(=O)C(C)(C)C2=CCCC=C2)CCN1. The number of rotatable bonds is 2. The predicted octanol–water partition coefficient (Wildman–Crippen LogP) is 2.11. The molecule has 0 radical (unpaired) electrons. The van der Waals surface area contributed by atoms with E-state index in [1.54, 1.807) is 0 Å². The van der Waals surface area contributed by atoms with Crippen molar-refractivity contribution >= 4 is 5.91 Å². The van der Waals surface area contributed by atoms with Gasteiger partial charge >= 0.3 is 0 Å². The number of hydrogen-bond donors (Lipinski definition) is 1. The van der Waals surface area contributed by atoms with Crippen LogP contribution in [-0.2, 0) is 4.79 Å². The standard InChI is InChI=1S/C15H24N2O/c1-12-11-17(10-9-16-12)14(18)15(2,3)13-7-5-4-6-8-13/h5,7-8,12,16H,4,6,9-11H2,1-3H3/t12-/m0/s1. The average molecular weight is 248 g/mol. The molecule has 0 bridgehead atoms. The monoisotopic (exact) mass is 248 g/mol.